The van der Waals surface area contributed by atoms with Crippen molar-refractivity contribution in [2.75, 3.05) is 9.80 Å². The molecule has 0 N–H and O–H groups in total. The van der Waals surface area contributed by atoms with Gasteiger partial charge in [-0.3, -0.25) is 0 Å². The monoisotopic (exact) mass is 932 g/mol. The van der Waals surface area contributed by atoms with Gasteiger partial charge in [-0.2, -0.15) is 0 Å². The van der Waals surface area contributed by atoms with Crippen molar-refractivity contribution in [2.45, 2.75) is 78.1 Å². The number of allylic oxidation sites excluding steroid dienone is 6. The molecule has 6 heterocycles. The Morgan fingerprint density at radius 2 is 0.928 bits per heavy atom. The number of thiophene rings is 2. The Morgan fingerprint density at radius 3 is 1.36 bits per heavy atom. The third-order valence-electron chi connectivity index (χ3n) is 14.6. The molecule has 0 unspecified atom stereocenters. The highest BCUT2D eigenvalue weighted by Crippen LogP contribution is 2.51. The van der Waals surface area contributed by atoms with Gasteiger partial charge in [0.2, 0.25) is 0 Å². The van der Waals surface area contributed by atoms with Gasteiger partial charge in [-0.1, -0.05) is 108 Å². The predicted octanol–water partition coefficient (Wildman–Crippen LogP) is 16.3. The summed E-state index contributed by atoms with van der Waals surface area (Å²) in [5, 5.41) is 5.25. The average molecular weight is 933 g/mol. The van der Waals surface area contributed by atoms with Crippen LogP contribution in [0.3, 0.4) is 0 Å². The average Bonchev–Trinajstić information content (AvgIpc) is 4.11. The molecular weight excluding hydrogens is 880 g/mol. The third-order valence-corrected chi connectivity index (χ3v) is 16.9. The zero-order valence-electron chi connectivity index (χ0n) is 40.0. The minimum Gasteiger partial charge on any atom is -0.456 e. The molecule has 9 aromatic rings. The summed E-state index contributed by atoms with van der Waals surface area (Å²) >= 11 is 3.85. The van der Waals surface area contributed by atoms with Crippen molar-refractivity contribution in [3.8, 4) is 22.6 Å². The molecule has 5 aromatic carbocycles. The van der Waals surface area contributed by atoms with Crippen molar-refractivity contribution in [3.63, 3.8) is 0 Å². The number of hydrogen-bond donors (Lipinski definition) is 0. The van der Waals surface area contributed by atoms with Gasteiger partial charge in [-0.15, -0.1) is 22.7 Å². The molecule has 0 bridgehead atoms. The molecule has 0 spiro atoms. The van der Waals surface area contributed by atoms with E-state index in [2.05, 4.69) is 215 Å². The van der Waals surface area contributed by atoms with Crippen molar-refractivity contribution in [1.29, 1.82) is 0 Å². The van der Waals surface area contributed by atoms with E-state index in [1.165, 1.54) is 80.2 Å². The van der Waals surface area contributed by atoms with Crippen LogP contribution in [0.2, 0.25) is 0 Å². The van der Waals surface area contributed by atoms with Crippen LogP contribution >= 0.6 is 22.7 Å². The van der Waals surface area contributed by atoms with E-state index in [9.17, 15) is 0 Å². The second-order valence-electron chi connectivity index (χ2n) is 21.1. The van der Waals surface area contributed by atoms with E-state index in [-0.39, 0.29) is 17.5 Å². The summed E-state index contributed by atoms with van der Waals surface area (Å²) < 4.78 is 15.6. The summed E-state index contributed by atoms with van der Waals surface area (Å²) in [5.74, 6) is 3.71. The lowest BCUT2D eigenvalue weighted by Crippen LogP contribution is -2.60. The summed E-state index contributed by atoms with van der Waals surface area (Å²) in [6, 6.07) is 44.0. The maximum Gasteiger partial charge on any atom is 0.256 e. The number of nitrogens with zero attached hydrogens (tertiary/aromatic N) is 2. The Morgan fingerprint density at radius 1 is 0.478 bits per heavy atom. The lowest BCUT2D eigenvalue weighted by molar-refractivity contribution is 0.568. The van der Waals surface area contributed by atoms with Crippen LogP contribution < -0.4 is 26.2 Å². The summed E-state index contributed by atoms with van der Waals surface area (Å²) in [5.41, 5.74) is 16.1. The van der Waals surface area contributed by atoms with Gasteiger partial charge < -0.3 is 18.6 Å². The van der Waals surface area contributed by atoms with E-state index < -0.39 is 0 Å². The Bertz CT molecular complexity index is 3410. The quantitative estimate of drug-likeness (QED) is 0.130. The fourth-order valence-corrected chi connectivity index (χ4v) is 13.4. The van der Waals surface area contributed by atoms with Crippen LogP contribution in [-0.2, 0) is 23.7 Å². The molecule has 0 amide bonds. The molecule has 0 fully saturated rings. The Balaban J connectivity index is 1.02. The topological polar surface area (TPSA) is 32.8 Å². The highest BCUT2D eigenvalue weighted by Gasteiger charge is 2.47. The van der Waals surface area contributed by atoms with Gasteiger partial charge in [0.25, 0.3) is 6.71 Å². The molecule has 2 aliphatic carbocycles. The van der Waals surface area contributed by atoms with Gasteiger partial charge >= 0.3 is 0 Å². The van der Waals surface area contributed by atoms with Gasteiger partial charge in [0, 0.05) is 54.4 Å². The number of benzene rings is 5. The first kappa shape index (κ1) is 42.3. The zero-order valence-corrected chi connectivity index (χ0v) is 41.7. The van der Waals surface area contributed by atoms with E-state index in [4.69, 9.17) is 8.83 Å². The maximum atomic E-state index is 6.51. The fourth-order valence-electron chi connectivity index (χ4n) is 10.9. The molecule has 0 atom stereocenters. The fraction of sp³-hybridized carbons (Fsp3) is 0.194. The first-order valence-corrected chi connectivity index (χ1v) is 26.1. The van der Waals surface area contributed by atoms with Crippen LogP contribution in [0.4, 0.5) is 32.8 Å². The molecule has 4 aliphatic rings. The van der Waals surface area contributed by atoms with Crippen LogP contribution in [-0.4, -0.2) is 6.71 Å². The minimum absolute atomic E-state index is 0.00889. The second kappa shape index (κ2) is 15.9. The standard InChI is InChI=1S/C62H53BN2O2S2/c1-61(2,3)42-26-32-54-46(36-42)56-59(68-54)64(44-28-22-38(23-29-44)52-34-40-16-11-7-9-13-20-50(40)66-52)48-18-15-19-49-58(48)63(56)57-47-37-43(62(4,5)6)27-33-55(47)69-60(57)65(49)45-30-24-39(25-31-45)53-35-41-17-12-8-10-14-21-51(41)67-53/h7-8,11-15,18-37H,9-10,16-17H2,1-6H3/b11-7-,12-8-,20-13-,21-14-. The van der Waals surface area contributed by atoms with Gasteiger partial charge in [-0.05, 0) is 172 Å². The summed E-state index contributed by atoms with van der Waals surface area (Å²) in [7, 11) is 0. The molecule has 69 heavy (non-hydrogen) atoms. The Hall–Kier alpha value is -6.80. The van der Waals surface area contributed by atoms with Crippen molar-refractivity contribution in [3.05, 3.63) is 185 Å². The Labute approximate surface area is 413 Å². The normalized spacial score (nSPS) is 17.0. The van der Waals surface area contributed by atoms with Crippen molar-refractivity contribution < 1.29 is 8.83 Å². The number of hydrogen-bond acceptors (Lipinski definition) is 6. The number of anilines is 6. The number of rotatable bonds is 4. The first-order valence-electron chi connectivity index (χ1n) is 24.4. The largest absolute Gasteiger partial charge is 0.456 e. The summed E-state index contributed by atoms with van der Waals surface area (Å²) in [6.45, 7) is 14.0. The molecule has 4 aromatic heterocycles. The molecule has 4 nitrogen and oxygen atoms in total. The molecular formula is C62H53BN2O2S2. The predicted molar refractivity (Wildman–Crippen MR) is 297 cm³/mol. The van der Waals surface area contributed by atoms with Gasteiger partial charge in [0.1, 0.15) is 23.0 Å². The lowest BCUT2D eigenvalue weighted by atomic mass is 9.33. The highest BCUT2D eigenvalue weighted by atomic mass is 32.1. The first-order chi connectivity index (χ1) is 33.5. The zero-order chi connectivity index (χ0) is 46.8. The molecule has 7 heteroatoms. The Kier molecular flexibility index (Phi) is 9.74. The molecule has 0 saturated heterocycles. The molecule has 2 aliphatic heterocycles. The number of fused-ring (bicyclic) bond motifs is 10. The van der Waals surface area contributed by atoms with Crippen molar-refractivity contribution in [2.24, 2.45) is 0 Å². The molecule has 0 radical (unpaired) electrons. The van der Waals surface area contributed by atoms with E-state index in [1.807, 2.05) is 22.7 Å². The van der Waals surface area contributed by atoms with Crippen LogP contribution in [0.15, 0.2) is 161 Å². The van der Waals surface area contributed by atoms with E-state index in [1.54, 1.807) is 0 Å². The van der Waals surface area contributed by atoms with Crippen molar-refractivity contribution in [1.82, 2.24) is 0 Å². The van der Waals surface area contributed by atoms with Gasteiger partial charge in [-0.25, -0.2) is 0 Å². The minimum atomic E-state index is -0.00956. The van der Waals surface area contributed by atoms with E-state index >= 15 is 0 Å². The number of furan rings is 2. The van der Waals surface area contributed by atoms with Gasteiger partial charge in [0.05, 0.1) is 10.0 Å². The second-order valence-corrected chi connectivity index (χ2v) is 23.2. The molecule has 13 rings (SSSR count). The molecule has 338 valence electrons. The van der Waals surface area contributed by atoms with E-state index in [0.29, 0.717) is 0 Å². The van der Waals surface area contributed by atoms with E-state index in [0.717, 1.165) is 71.2 Å². The smallest absolute Gasteiger partial charge is 0.256 e. The summed E-state index contributed by atoms with van der Waals surface area (Å²) in [6.07, 6.45) is 21.1. The molecule has 0 saturated carbocycles. The summed E-state index contributed by atoms with van der Waals surface area (Å²) in [4.78, 5) is 5.11. The maximum absolute atomic E-state index is 6.51. The lowest BCUT2D eigenvalue weighted by Gasteiger charge is -2.42. The van der Waals surface area contributed by atoms with Crippen molar-refractivity contribution >= 4 is 111 Å². The van der Waals surface area contributed by atoms with Crippen LogP contribution in [0.5, 0.6) is 0 Å². The van der Waals surface area contributed by atoms with Gasteiger partial charge in [0.15, 0.2) is 0 Å². The van der Waals surface area contributed by atoms with Crippen LogP contribution in [0.25, 0.3) is 55.0 Å². The SMILES string of the molecule is CC(C)(C)c1ccc2sc3c(c2c1)B1c2c(cccc2N(c2ccc(-c4cc5c(o4)/C=C\C/C=C\C5)cc2)c2sc4ccc(C(C)(C)C)cc4c21)N3c1ccc(-c2cc3c(o2)/C=C\C/C=C\C3)cc1. The third kappa shape index (κ3) is 6.99. The van der Waals surface area contributed by atoms with Crippen LogP contribution in [0, 0.1) is 0 Å². The van der Waals surface area contributed by atoms with Crippen LogP contribution in [0.1, 0.15) is 88.2 Å². The highest BCUT2D eigenvalue weighted by molar-refractivity contribution is 7.29.